The Labute approximate surface area is 144 Å². The third-order valence-electron chi connectivity index (χ3n) is 4.15. The van der Waals surface area contributed by atoms with E-state index < -0.39 is 10.7 Å². The van der Waals surface area contributed by atoms with Crippen LogP contribution >= 0.6 is 0 Å². The van der Waals surface area contributed by atoms with Crippen molar-refractivity contribution in [3.05, 3.63) is 46.5 Å². The second-order valence-corrected chi connectivity index (χ2v) is 6.28. The summed E-state index contributed by atoms with van der Waals surface area (Å²) in [7, 11) is 0. The van der Waals surface area contributed by atoms with E-state index >= 15 is 0 Å². The fourth-order valence-electron chi connectivity index (χ4n) is 3.19. The topological polar surface area (TPSA) is 90.2 Å². The zero-order chi connectivity index (χ0) is 18.0. The lowest BCUT2D eigenvalue weighted by molar-refractivity contribution is -0.384. The normalized spacial score (nSPS) is 23.2. The summed E-state index contributed by atoms with van der Waals surface area (Å²) >= 11 is 0. The molecule has 2 aromatic rings. The molecular formula is C17H19FN4O3. The summed E-state index contributed by atoms with van der Waals surface area (Å²) in [4.78, 5) is 18.9. The lowest BCUT2D eigenvalue weighted by Crippen LogP contribution is -2.37. The number of hydrogen-bond acceptors (Lipinski definition) is 6. The molecule has 25 heavy (non-hydrogen) atoms. The number of rotatable bonds is 4. The molecule has 1 saturated heterocycles. The molecule has 1 aliphatic heterocycles. The predicted octanol–water partition coefficient (Wildman–Crippen LogP) is 3.56. The SMILES string of the molecule is CC1CC(Nc2cc(-c3ccc(F)cc3[N+](=O)[O-])ncn2)CC(C)O1. The largest absolute Gasteiger partial charge is 0.375 e. The highest BCUT2D eigenvalue weighted by Gasteiger charge is 2.25. The third kappa shape index (κ3) is 4.08. The summed E-state index contributed by atoms with van der Waals surface area (Å²) in [6, 6.07) is 5.28. The number of halogens is 1. The van der Waals surface area contributed by atoms with Crippen molar-refractivity contribution in [1.82, 2.24) is 9.97 Å². The van der Waals surface area contributed by atoms with E-state index in [4.69, 9.17) is 4.74 Å². The van der Waals surface area contributed by atoms with Crippen LogP contribution in [0.15, 0.2) is 30.6 Å². The smallest absolute Gasteiger partial charge is 0.281 e. The molecule has 2 unspecified atom stereocenters. The molecule has 1 aromatic heterocycles. The van der Waals surface area contributed by atoms with E-state index in [0.717, 1.165) is 18.9 Å². The maximum atomic E-state index is 13.3. The van der Waals surface area contributed by atoms with Gasteiger partial charge in [-0.05, 0) is 38.8 Å². The Balaban J connectivity index is 1.86. The fraction of sp³-hybridized carbons (Fsp3) is 0.412. The Morgan fingerprint density at radius 2 is 1.96 bits per heavy atom. The molecule has 1 N–H and O–H groups in total. The first-order chi connectivity index (χ1) is 11.9. The average Bonchev–Trinajstić information content (AvgIpc) is 2.54. The van der Waals surface area contributed by atoms with Gasteiger partial charge in [-0.3, -0.25) is 10.1 Å². The predicted molar refractivity (Wildman–Crippen MR) is 90.7 cm³/mol. The molecule has 2 heterocycles. The van der Waals surface area contributed by atoms with Crippen molar-refractivity contribution in [2.24, 2.45) is 0 Å². The molecule has 0 aliphatic carbocycles. The Bertz CT molecular complexity index is 776. The molecule has 0 radical (unpaired) electrons. The van der Waals surface area contributed by atoms with Crippen LogP contribution in [-0.2, 0) is 4.74 Å². The van der Waals surface area contributed by atoms with E-state index in [1.807, 2.05) is 13.8 Å². The van der Waals surface area contributed by atoms with Gasteiger partial charge in [0.25, 0.3) is 5.69 Å². The van der Waals surface area contributed by atoms with Gasteiger partial charge in [-0.1, -0.05) is 0 Å². The standard InChI is InChI=1S/C17H19FN4O3/c1-10-5-13(6-11(2)25-10)21-17-8-15(19-9-20-17)14-4-3-12(18)7-16(14)22(23)24/h3-4,7-11,13H,5-6H2,1-2H3,(H,19,20,21). The second kappa shape index (κ2) is 7.10. The maximum absolute atomic E-state index is 13.3. The van der Waals surface area contributed by atoms with Gasteiger partial charge in [-0.2, -0.15) is 0 Å². The average molecular weight is 346 g/mol. The molecule has 3 rings (SSSR count). The van der Waals surface area contributed by atoms with E-state index in [-0.39, 0.29) is 29.5 Å². The van der Waals surface area contributed by atoms with E-state index in [0.29, 0.717) is 11.5 Å². The molecule has 0 amide bonds. The maximum Gasteiger partial charge on any atom is 0.281 e. The zero-order valence-electron chi connectivity index (χ0n) is 14.0. The van der Waals surface area contributed by atoms with E-state index in [1.54, 1.807) is 6.07 Å². The summed E-state index contributed by atoms with van der Waals surface area (Å²) < 4.78 is 19.0. The second-order valence-electron chi connectivity index (χ2n) is 6.28. The highest BCUT2D eigenvalue weighted by atomic mass is 19.1. The van der Waals surface area contributed by atoms with Gasteiger partial charge in [0.1, 0.15) is 18.0 Å². The van der Waals surface area contributed by atoms with Gasteiger partial charge in [0.15, 0.2) is 0 Å². The molecule has 8 heteroatoms. The summed E-state index contributed by atoms with van der Waals surface area (Å²) in [6.07, 6.45) is 3.35. The van der Waals surface area contributed by atoms with Crippen LogP contribution in [0.25, 0.3) is 11.3 Å². The highest BCUT2D eigenvalue weighted by molar-refractivity contribution is 5.72. The summed E-state index contributed by atoms with van der Waals surface area (Å²) in [5, 5.41) is 14.5. The number of ether oxygens (including phenoxy) is 1. The van der Waals surface area contributed by atoms with Crippen molar-refractivity contribution in [2.45, 2.75) is 44.9 Å². The molecule has 2 atom stereocenters. The Morgan fingerprint density at radius 3 is 2.64 bits per heavy atom. The number of nitrogens with one attached hydrogen (secondary N) is 1. The minimum Gasteiger partial charge on any atom is -0.375 e. The summed E-state index contributed by atoms with van der Waals surface area (Å²) in [5.41, 5.74) is 0.306. The number of nitro benzene ring substituents is 1. The van der Waals surface area contributed by atoms with Crippen LogP contribution in [0.1, 0.15) is 26.7 Å². The number of benzene rings is 1. The Hall–Kier alpha value is -2.61. The molecule has 1 aromatic carbocycles. The molecule has 132 valence electrons. The van der Waals surface area contributed by atoms with Gasteiger partial charge in [-0.15, -0.1) is 0 Å². The zero-order valence-corrected chi connectivity index (χ0v) is 14.0. The monoisotopic (exact) mass is 346 g/mol. The van der Waals surface area contributed by atoms with Gasteiger partial charge in [0.05, 0.1) is 34.5 Å². The number of hydrogen-bond donors (Lipinski definition) is 1. The van der Waals surface area contributed by atoms with Crippen molar-refractivity contribution in [3.63, 3.8) is 0 Å². The molecule has 0 spiro atoms. The number of nitro groups is 1. The van der Waals surface area contributed by atoms with Gasteiger partial charge in [0, 0.05) is 12.1 Å². The number of aromatic nitrogens is 2. The van der Waals surface area contributed by atoms with Crippen LogP contribution in [0.3, 0.4) is 0 Å². The first-order valence-electron chi connectivity index (χ1n) is 8.10. The Morgan fingerprint density at radius 1 is 1.24 bits per heavy atom. The van der Waals surface area contributed by atoms with Crippen molar-refractivity contribution < 1.29 is 14.1 Å². The number of nitrogens with zero attached hydrogens (tertiary/aromatic N) is 3. The van der Waals surface area contributed by atoms with E-state index in [9.17, 15) is 14.5 Å². The molecule has 0 bridgehead atoms. The van der Waals surface area contributed by atoms with Crippen LogP contribution in [-0.4, -0.2) is 33.1 Å². The van der Waals surface area contributed by atoms with Gasteiger partial charge in [0.2, 0.25) is 0 Å². The first-order valence-corrected chi connectivity index (χ1v) is 8.10. The molecule has 1 aliphatic rings. The van der Waals surface area contributed by atoms with Crippen molar-refractivity contribution in [3.8, 4) is 11.3 Å². The van der Waals surface area contributed by atoms with E-state index in [2.05, 4.69) is 15.3 Å². The lowest BCUT2D eigenvalue weighted by atomic mass is 10.00. The summed E-state index contributed by atoms with van der Waals surface area (Å²) in [5.74, 6) is -0.0806. The van der Waals surface area contributed by atoms with Crippen molar-refractivity contribution >= 4 is 11.5 Å². The fourth-order valence-corrected chi connectivity index (χ4v) is 3.19. The molecule has 7 nitrogen and oxygen atoms in total. The van der Waals surface area contributed by atoms with Crippen molar-refractivity contribution in [2.75, 3.05) is 5.32 Å². The quantitative estimate of drug-likeness (QED) is 0.672. The van der Waals surface area contributed by atoms with Crippen LogP contribution in [0.4, 0.5) is 15.9 Å². The van der Waals surface area contributed by atoms with E-state index in [1.165, 1.54) is 18.5 Å². The lowest BCUT2D eigenvalue weighted by Gasteiger charge is -2.32. The van der Waals surface area contributed by atoms with Crippen LogP contribution in [0, 0.1) is 15.9 Å². The van der Waals surface area contributed by atoms with Crippen LogP contribution < -0.4 is 5.32 Å². The number of anilines is 1. The molecular weight excluding hydrogens is 327 g/mol. The first kappa shape index (κ1) is 17.2. The van der Waals surface area contributed by atoms with Crippen LogP contribution in [0.2, 0.25) is 0 Å². The van der Waals surface area contributed by atoms with Gasteiger partial charge >= 0.3 is 0 Å². The van der Waals surface area contributed by atoms with Crippen LogP contribution in [0.5, 0.6) is 0 Å². The molecule has 1 fully saturated rings. The Kier molecular flexibility index (Phi) is 4.89. The molecule has 0 saturated carbocycles. The highest BCUT2D eigenvalue weighted by Crippen LogP contribution is 2.30. The minimum absolute atomic E-state index is 0.153. The van der Waals surface area contributed by atoms with Gasteiger partial charge in [-0.25, -0.2) is 14.4 Å². The van der Waals surface area contributed by atoms with Crippen molar-refractivity contribution in [1.29, 1.82) is 0 Å². The third-order valence-corrected chi connectivity index (χ3v) is 4.15. The minimum atomic E-state index is -0.659. The summed E-state index contributed by atoms with van der Waals surface area (Å²) in [6.45, 7) is 4.05. The van der Waals surface area contributed by atoms with Gasteiger partial charge < -0.3 is 10.1 Å².